The van der Waals surface area contributed by atoms with E-state index in [-0.39, 0.29) is 5.91 Å². The number of carbonyl (C=O) groups excluding carboxylic acids is 1. The lowest BCUT2D eigenvalue weighted by Crippen LogP contribution is -2.30. The third-order valence-corrected chi connectivity index (χ3v) is 5.10. The van der Waals surface area contributed by atoms with Crippen molar-refractivity contribution in [1.29, 1.82) is 0 Å². The van der Waals surface area contributed by atoms with Crippen molar-refractivity contribution in [3.63, 3.8) is 0 Å². The van der Waals surface area contributed by atoms with Crippen LogP contribution in [-0.4, -0.2) is 28.4 Å². The highest BCUT2D eigenvalue weighted by Gasteiger charge is 2.17. The van der Waals surface area contributed by atoms with Gasteiger partial charge in [0, 0.05) is 31.5 Å². The molecule has 1 aromatic carbocycles. The molecular formula is C22H29N3O. The molecule has 0 saturated heterocycles. The third-order valence-electron chi connectivity index (χ3n) is 5.10. The van der Waals surface area contributed by atoms with Crippen molar-refractivity contribution in [3.05, 3.63) is 59.9 Å². The minimum Gasteiger partial charge on any atom is -0.381 e. The summed E-state index contributed by atoms with van der Waals surface area (Å²) in [5.41, 5.74) is 2.75. The van der Waals surface area contributed by atoms with E-state index in [9.17, 15) is 4.79 Å². The lowest BCUT2D eigenvalue weighted by Gasteiger charge is -2.22. The topological polar surface area (TPSA) is 45.2 Å². The summed E-state index contributed by atoms with van der Waals surface area (Å²) >= 11 is 0. The molecule has 0 spiro atoms. The molecule has 1 amide bonds. The second-order valence-corrected chi connectivity index (χ2v) is 7.10. The Bertz CT molecular complexity index is 694. The lowest BCUT2D eigenvalue weighted by molar-refractivity contribution is 0.0752. The van der Waals surface area contributed by atoms with Crippen LogP contribution in [0.25, 0.3) is 0 Å². The average molecular weight is 351 g/mol. The Balaban J connectivity index is 1.68. The quantitative estimate of drug-likeness (QED) is 0.755. The molecule has 4 nitrogen and oxygen atoms in total. The number of aromatic nitrogens is 1. The van der Waals surface area contributed by atoms with Gasteiger partial charge in [0.2, 0.25) is 0 Å². The molecule has 0 radical (unpaired) electrons. The largest absolute Gasteiger partial charge is 0.381 e. The van der Waals surface area contributed by atoms with Crippen molar-refractivity contribution < 1.29 is 4.79 Å². The molecule has 0 bridgehead atoms. The summed E-state index contributed by atoms with van der Waals surface area (Å²) in [6.07, 6.45) is 11.1. The molecule has 4 heteroatoms. The highest BCUT2D eigenvalue weighted by Crippen LogP contribution is 2.21. The number of hydrogen-bond acceptors (Lipinski definition) is 3. The molecule has 138 valence electrons. The van der Waals surface area contributed by atoms with E-state index in [4.69, 9.17) is 0 Å². The van der Waals surface area contributed by atoms with Crippen LogP contribution in [0, 0.1) is 0 Å². The molecule has 1 saturated carbocycles. The van der Waals surface area contributed by atoms with Gasteiger partial charge in [0.25, 0.3) is 5.91 Å². The number of nitrogens with one attached hydrogen (secondary N) is 1. The average Bonchev–Trinajstić information content (AvgIpc) is 2.95. The van der Waals surface area contributed by atoms with E-state index in [1.807, 2.05) is 42.3 Å². The van der Waals surface area contributed by atoms with E-state index >= 15 is 0 Å². The first-order valence-corrected chi connectivity index (χ1v) is 9.81. The van der Waals surface area contributed by atoms with Crippen molar-refractivity contribution in [1.82, 2.24) is 9.88 Å². The predicted molar refractivity (Wildman–Crippen MR) is 106 cm³/mol. The van der Waals surface area contributed by atoms with Gasteiger partial charge in [-0.05, 0) is 31.4 Å². The second-order valence-electron chi connectivity index (χ2n) is 7.10. The molecule has 1 heterocycles. The molecule has 2 aromatic rings. The number of anilines is 1. The normalized spacial score (nSPS) is 15.3. The van der Waals surface area contributed by atoms with Crippen LogP contribution in [0.2, 0.25) is 0 Å². The summed E-state index contributed by atoms with van der Waals surface area (Å²) in [5, 5.41) is 3.59. The smallest absolute Gasteiger partial charge is 0.255 e. The minimum atomic E-state index is 0.0355. The van der Waals surface area contributed by atoms with Gasteiger partial charge in [-0.15, -0.1) is 0 Å². The summed E-state index contributed by atoms with van der Waals surface area (Å²) in [6, 6.07) is 12.6. The highest BCUT2D eigenvalue weighted by molar-refractivity contribution is 5.94. The summed E-state index contributed by atoms with van der Waals surface area (Å²) < 4.78 is 0. The van der Waals surface area contributed by atoms with Crippen LogP contribution in [-0.2, 0) is 6.54 Å². The number of hydrogen-bond donors (Lipinski definition) is 1. The first-order valence-electron chi connectivity index (χ1n) is 9.81. The van der Waals surface area contributed by atoms with E-state index < -0.39 is 0 Å². The van der Waals surface area contributed by atoms with E-state index in [0.29, 0.717) is 24.7 Å². The molecule has 26 heavy (non-hydrogen) atoms. The van der Waals surface area contributed by atoms with Gasteiger partial charge in [-0.25, -0.2) is 0 Å². The fourth-order valence-electron chi connectivity index (χ4n) is 3.61. The summed E-state index contributed by atoms with van der Waals surface area (Å²) in [7, 11) is 0. The molecule has 1 fully saturated rings. The van der Waals surface area contributed by atoms with Crippen LogP contribution in [0.5, 0.6) is 0 Å². The fourth-order valence-corrected chi connectivity index (χ4v) is 3.61. The van der Waals surface area contributed by atoms with Crippen LogP contribution in [0.4, 0.5) is 5.69 Å². The Hall–Kier alpha value is -2.36. The van der Waals surface area contributed by atoms with Gasteiger partial charge in [0.1, 0.15) is 0 Å². The standard InChI is InChI=1S/C22H29N3O/c1-2-25(17-18-10-6-5-7-11-18)22(26)19-14-21(16-23-15-19)24-20-12-8-3-4-9-13-20/h5-7,10-11,14-16,20,24H,2-4,8-9,12-13,17H2,1H3. The number of carbonyl (C=O) groups is 1. The second kappa shape index (κ2) is 9.37. The molecule has 3 rings (SSSR count). The summed E-state index contributed by atoms with van der Waals surface area (Å²) in [6.45, 7) is 3.31. The van der Waals surface area contributed by atoms with E-state index in [0.717, 1.165) is 11.3 Å². The number of nitrogens with zero attached hydrogens (tertiary/aromatic N) is 2. The van der Waals surface area contributed by atoms with Gasteiger partial charge in [0.05, 0.1) is 11.3 Å². The maximum absolute atomic E-state index is 12.9. The molecule has 1 aliphatic carbocycles. The van der Waals surface area contributed by atoms with Gasteiger partial charge >= 0.3 is 0 Å². The zero-order chi connectivity index (χ0) is 18.2. The Kier molecular flexibility index (Phi) is 6.64. The van der Waals surface area contributed by atoms with Crippen LogP contribution in [0.15, 0.2) is 48.8 Å². The van der Waals surface area contributed by atoms with E-state index in [1.54, 1.807) is 6.20 Å². The molecule has 1 aliphatic rings. The number of amides is 1. The maximum atomic E-state index is 12.9. The van der Waals surface area contributed by atoms with Gasteiger partial charge < -0.3 is 10.2 Å². The Morgan fingerprint density at radius 3 is 2.54 bits per heavy atom. The summed E-state index contributed by atoms with van der Waals surface area (Å²) in [4.78, 5) is 19.1. The van der Waals surface area contributed by atoms with Crippen molar-refractivity contribution in [2.45, 2.75) is 58.0 Å². The Labute approximate surface area is 156 Å². The van der Waals surface area contributed by atoms with Crippen LogP contribution in [0.3, 0.4) is 0 Å². The van der Waals surface area contributed by atoms with Crippen molar-refractivity contribution in [3.8, 4) is 0 Å². The highest BCUT2D eigenvalue weighted by atomic mass is 16.2. The molecule has 0 atom stereocenters. The zero-order valence-corrected chi connectivity index (χ0v) is 15.7. The maximum Gasteiger partial charge on any atom is 0.255 e. The van der Waals surface area contributed by atoms with Crippen LogP contribution >= 0.6 is 0 Å². The van der Waals surface area contributed by atoms with E-state index in [2.05, 4.69) is 22.4 Å². The SMILES string of the molecule is CCN(Cc1ccccc1)C(=O)c1cncc(NC2CCCCCC2)c1. The van der Waals surface area contributed by atoms with Gasteiger partial charge in [-0.3, -0.25) is 9.78 Å². The molecule has 1 N–H and O–H groups in total. The van der Waals surface area contributed by atoms with Crippen molar-refractivity contribution in [2.75, 3.05) is 11.9 Å². The van der Waals surface area contributed by atoms with Crippen molar-refractivity contribution >= 4 is 11.6 Å². The molecular weight excluding hydrogens is 322 g/mol. The monoisotopic (exact) mass is 351 g/mol. The van der Waals surface area contributed by atoms with Crippen LogP contribution < -0.4 is 5.32 Å². The van der Waals surface area contributed by atoms with Gasteiger partial charge in [0.15, 0.2) is 0 Å². The molecule has 1 aromatic heterocycles. The Morgan fingerprint density at radius 1 is 1.12 bits per heavy atom. The summed E-state index contributed by atoms with van der Waals surface area (Å²) in [5.74, 6) is 0.0355. The van der Waals surface area contributed by atoms with Crippen molar-refractivity contribution in [2.24, 2.45) is 0 Å². The third kappa shape index (κ3) is 5.07. The number of benzene rings is 1. The minimum absolute atomic E-state index is 0.0355. The Morgan fingerprint density at radius 2 is 1.85 bits per heavy atom. The van der Waals surface area contributed by atoms with E-state index in [1.165, 1.54) is 38.5 Å². The number of pyridine rings is 1. The van der Waals surface area contributed by atoms with Gasteiger partial charge in [-0.1, -0.05) is 56.0 Å². The first kappa shape index (κ1) is 18.4. The predicted octanol–water partition coefficient (Wildman–Crippen LogP) is 4.88. The first-order chi connectivity index (χ1) is 12.8. The van der Waals surface area contributed by atoms with Gasteiger partial charge in [-0.2, -0.15) is 0 Å². The molecule has 0 unspecified atom stereocenters. The molecule has 0 aliphatic heterocycles. The van der Waals surface area contributed by atoms with Crippen LogP contribution in [0.1, 0.15) is 61.4 Å². The number of rotatable bonds is 6. The zero-order valence-electron chi connectivity index (χ0n) is 15.7. The fraction of sp³-hybridized carbons (Fsp3) is 0.455. The lowest BCUT2D eigenvalue weighted by atomic mass is 10.1.